The summed E-state index contributed by atoms with van der Waals surface area (Å²) in [4.78, 5) is 0. The van der Waals surface area contributed by atoms with Gasteiger partial charge in [-0.15, -0.1) is 0 Å². The summed E-state index contributed by atoms with van der Waals surface area (Å²) in [6.45, 7) is 8.00. The van der Waals surface area contributed by atoms with E-state index in [1.165, 1.54) is 16.7 Å². The van der Waals surface area contributed by atoms with Gasteiger partial charge in [0.05, 0.1) is 0 Å². The van der Waals surface area contributed by atoms with Crippen molar-refractivity contribution in [1.29, 1.82) is 0 Å². The third-order valence-electron chi connectivity index (χ3n) is 3.45. The van der Waals surface area contributed by atoms with Crippen LogP contribution in [0.15, 0.2) is 48.5 Å². The summed E-state index contributed by atoms with van der Waals surface area (Å²) in [7, 11) is 0. The summed E-state index contributed by atoms with van der Waals surface area (Å²) in [5, 5.41) is 3.42. The zero-order valence-electron chi connectivity index (χ0n) is 13.2. The highest BCUT2D eigenvalue weighted by Crippen LogP contribution is 2.16. The number of rotatable bonds is 7. The Labute approximate surface area is 128 Å². The molecule has 0 aromatic heterocycles. The molecule has 0 heterocycles. The number of hydrogen-bond acceptors (Lipinski definition) is 2. The van der Waals surface area contributed by atoms with E-state index in [1.54, 1.807) is 0 Å². The lowest BCUT2D eigenvalue weighted by molar-refractivity contribution is 0.306. The van der Waals surface area contributed by atoms with Crippen LogP contribution in [0.1, 0.15) is 37.5 Å². The second-order valence-corrected chi connectivity index (χ2v) is 5.64. The Bertz CT molecular complexity index is 546. The lowest BCUT2D eigenvalue weighted by Gasteiger charge is -2.10. The van der Waals surface area contributed by atoms with Crippen molar-refractivity contribution in [2.45, 2.75) is 46.4 Å². The number of aryl methyl sites for hydroxylation is 1. The summed E-state index contributed by atoms with van der Waals surface area (Å²) in [5.41, 5.74) is 3.81. The van der Waals surface area contributed by atoms with Crippen LogP contribution in [0, 0.1) is 0 Å². The van der Waals surface area contributed by atoms with Gasteiger partial charge < -0.3 is 10.1 Å². The number of hydrogen-bond donors (Lipinski definition) is 1. The van der Waals surface area contributed by atoms with Crippen LogP contribution in [0.2, 0.25) is 0 Å². The van der Waals surface area contributed by atoms with Gasteiger partial charge in [0.2, 0.25) is 0 Å². The third-order valence-corrected chi connectivity index (χ3v) is 3.45. The topological polar surface area (TPSA) is 21.3 Å². The zero-order valence-corrected chi connectivity index (χ0v) is 13.2. The first-order chi connectivity index (χ1) is 10.2. The summed E-state index contributed by atoms with van der Waals surface area (Å²) < 4.78 is 5.86. The predicted molar refractivity (Wildman–Crippen MR) is 88.6 cm³/mol. The summed E-state index contributed by atoms with van der Waals surface area (Å²) in [6.07, 6.45) is 1.04. The second-order valence-electron chi connectivity index (χ2n) is 5.64. The van der Waals surface area contributed by atoms with Crippen molar-refractivity contribution in [1.82, 2.24) is 5.32 Å². The summed E-state index contributed by atoms with van der Waals surface area (Å²) in [5.74, 6) is 0.944. The molecule has 0 unspecified atom stereocenters. The molecule has 2 aromatic carbocycles. The average Bonchev–Trinajstić information content (AvgIpc) is 2.52. The van der Waals surface area contributed by atoms with Gasteiger partial charge in [-0.1, -0.05) is 57.2 Å². The first-order valence-electron chi connectivity index (χ1n) is 7.70. The van der Waals surface area contributed by atoms with E-state index < -0.39 is 0 Å². The molecule has 0 saturated carbocycles. The van der Waals surface area contributed by atoms with Crippen LogP contribution >= 0.6 is 0 Å². The van der Waals surface area contributed by atoms with E-state index in [2.05, 4.69) is 68.6 Å². The van der Waals surface area contributed by atoms with E-state index >= 15 is 0 Å². The SMILES string of the molecule is CCc1cccc(OCc2ccc(CNC(C)C)cc2)c1. The number of ether oxygens (including phenoxy) is 1. The molecule has 0 aliphatic heterocycles. The largest absolute Gasteiger partial charge is 0.489 e. The molecule has 2 nitrogen and oxygen atoms in total. The zero-order chi connectivity index (χ0) is 15.1. The van der Waals surface area contributed by atoms with Gasteiger partial charge in [-0.3, -0.25) is 0 Å². The van der Waals surface area contributed by atoms with E-state index in [9.17, 15) is 0 Å². The van der Waals surface area contributed by atoms with Crippen LogP contribution in [0.25, 0.3) is 0 Å². The molecule has 0 saturated heterocycles. The molecule has 2 heteroatoms. The van der Waals surface area contributed by atoms with E-state index in [4.69, 9.17) is 4.74 Å². The van der Waals surface area contributed by atoms with E-state index in [0.717, 1.165) is 18.7 Å². The highest BCUT2D eigenvalue weighted by atomic mass is 16.5. The van der Waals surface area contributed by atoms with Gasteiger partial charge in [-0.2, -0.15) is 0 Å². The Morgan fingerprint density at radius 1 is 0.952 bits per heavy atom. The van der Waals surface area contributed by atoms with Crippen molar-refractivity contribution in [3.05, 3.63) is 65.2 Å². The maximum absolute atomic E-state index is 5.86. The fourth-order valence-electron chi connectivity index (χ4n) is 2.10. The second kappa shape index (κ2) is 7.84. The van der Waals surface area contributed by atoms with Gasteiger partial charge >= 0.3 is 0 Å². The molecular weight excluding hydrogens is 258 g/mol. The molecular formula is C19H25NO. The van der Waals surface area contributed by atoms with Crippen LogP contribution in [0.5, 0.6) is 5.75 Å². The monoisotopic (exact) mass is 283 g/mol. The van der Waals surface area contributed by atoms with Crippen molar-refractivity contribution in [3.8, 4) is 5.75 Å². The van der Waals surface area contributed by atoms with E-state index in [-0.39, 0.29) is 0 Å². The molecule has 21 heavy (non-hydrogen) atoms. The molecule has 1 N–H and O–H groups in total. The molecule has 0 spiro atoms. The first-order valence-corrected chi connectivity index (χ1v) is 7.70. The molecule has 2 aromatic rings. The molecule has 0 amide bonds. The highest BCUT2D eigenvalue weighted by Gasteiger charge is 1.99. The summed E-state index contributed by atoms with van der Waals surface area (Å²) in [6, 6.07) is 17.4. The Morgan fingerprint density at radius 2 is 1.67 bits per heavy atom. The smallest absolute Gasteiger partial charge is 0.120 e. The van der Waals surface area contributed by atoms with Crippen LogP contribution < -0.4 is 10.1 Å². The highest BCUT2D eigenvalue weighted by molar-refractivity contribution is 5.29. The van der Waals surface area contributed by atoms with Crippen molar-refractivity contribution in [3.63, 3.8) is 0 Å². The van der Waals surface area contributed by atoms with Crippen LogP contribution in [-0.4, -0.2) is 6.04 Å². The lowest BCUT2D eigenvalue weighted by atomic mass is 10.1. The first kappa shape index (κ1) is 15.6. The molecule has 2 rings (SSSR count). The predicted octanol–water partition coefficient (Wildman–Crippen LogP) is 4.33. The normalized spacial score (nSPS) is 10.9. The molecule has 0 radical (unpaired) electrons. The lowest BCUT2D eigenvalue weighted by Crippen LogP contribution is -2.21. The van der Waals surface area contributed by atoms with Gasteiger partial charge in [-0.25, -0.2) is 0 Å². The van der Waals surface area contributed by atoms with Crippen LogP contribution in [-0.2, 0) is 19.6 Å². The molecule has 0 atom stereocenters. The van der Waals surface area contributed by atoms with Crippen molar-refractivity contribution < 1.29 is 4.74 Å². The average molecular weight is 283 g/mol. The van der Waals surface area contributed by atoms with Gasteiger partial charge in [0, 0.05) is 12.6 Å². The minimum absolute atomic E-state index is 0.513. The fraction of sp³-hybridized carbons (Fsp3) is 0.368. The molecule has 112 valence electrons. The molecule has 0 aliphatic carbocycles. The van der Waals surface area contributed by atoms with E-state index in [1.807, 2.05) is 6.07 Å². The molecule has 0 fully saturated rings. The maximum atomic E-state index is 5.86. The quantitative estimate of drug-likeness (QED) is 0.817. The van der Waals surface area contributed by atoms with Gasteiger partial charge in [-0.05, 0) is 35.2 Å². The van der Waals surface area contributed by atoms with Gasteiger partial charge in [0.25, 0.3) is 0 Å². The maximum Gasteiger partial charge on any atom is 0.120 e. The number of benzene rings is 2. The minimum Gasteiger partial charge on any atom is -0.489 e. The van der Waals surface area contributed by atoms with Crippen LogP contribution in [0.3, 0.4) is 0 Å². The van der Waals surface area contributed by atoms with Crippen molar-refractivity contribution in [2.75, 3.05) is 0 Å². The molecule has 0 bridgehead atoms. The Hall–Kier alpha value is -1.80. The third kappa shape index (κ3) is 5.24. The van der Waals surface area contributed by atoms with E-state index in [0.29, 0.717) is 12.6 Å². The van der Waals surface area contributed by atoms with Gasteiger partial charge in [0.15, 0.2) is 0 Å². The Morgan fingerprint density at radius 3 is 2.33 bits per heavy atom. The fourth-order valence-corrected chi connectivity index (χ4v) is 2.10. The minimum atomic E-state index is 0.513. The van der Waals surface area contributed by atoms with Crippen molar-refractivity contribution in [2.24, 2.45) is 0 Å². The molecule has 0 aliphatic rings. The number of nitrogens with one attached hydrogen (secondary N) is 1. The standard InChI is InChI=1S/C19H25NO/c1-4-16-6-5-7-19(12-16)21-14-18-10-8-17(9-11-18)13-20-15(2)3/h5-12,15,20H,4,13-14H2,1-3H3. The Kier molecular flexibility index (Phi) is 5.82. The van der Waals surface area contributed by atoms with Crippen molar-refractivity contribution >= 4 is 0 Å². The Balaban J connectivity index is 1.88. The van der Waals surface area contributed by atoms with Crippen LogP contribution in [0.4, 0.5) is 0 Å². The summed E-state index contributed by atoms with van der Waals surface area (Å²) >= 11 is 0. The van der Waals surface area contributed by atoms with Gasteiger partial charge in [0.1, 0.15) is 12.4 Å².